The maximum atomic E-state index is 11.4. The normalized spacial score (nSPS) is 10.1. The van der Waals surface area contributed by atoms with E-state index >= 15 is 0 Å². The zero-order valence-corrected chi connectivity index (χ0v) is 11.0. The molecule has 1 heterocycles. The van der Waals surface area contributed by atoms with Crippen molar-refractivity contribution in [1.29, 1.82) is 10.5 Å². The van der Waals surface area contributed by atoms with Crippen molar-refractivity contribution in [3.05, 3.63) is 24.5 Å². The van der Waals surface area contributed by atoms with Gasteiger partial charge in [-0.3, -0.25) is 0 Å². The molecule has 0 aromatic carbocycles. The summed E-state index contributed by atoms with van der Waals surface area (Å²) in [5.41, 5.74) is 0. The quantitative estimate of drug-likeness (QED) is 0.372. The number of hydrogen-bond acceptors (Lipinski definition) is 4. The number of nitriles is 2. The van der Waals surface area contributed by atoms with Crippen molar-refractivity contribution in [3.8, 4) is 12.4 Å². The number of aryl methyl sites for hydroxylation is 1. The highest BCUT2D eigenvalue weighted by Gasteiger charge is 2.02. The lowest BCUT2D eigenvalue weighted by molar-refractivity contribution is -0.693. The van der Waals surface area contributed by atoms with Crippen LogP contribution in [0.15, 0.2) is 24.5 Å². The third-order valence-electron chi connectivity index (χ3n) is 2.01. The van der Waals surface area contributed by atoms with Crippen LogP contribution in [-0.4, -0.2) is 6.16 Å². The van der Waals surface area contributed by atoms with Gasteiger partial charge in [0.25, 0.3) is 0 Å². The highest BCUT2D eigenvalue weighted by atomic mass is 31.1. The summed E-state index contributed by atoms with van der Waals surface area (Å²) in [6.07, 6.45) is 7.54. The molecule has 1 aromatic rings. The van der Waals surface area contributed by atoms with Crippen LogP contribution in [0.2, 0.25) is 0 Å². The van der Waals surface area contributed by atoms with Gasteiger partial charge in [0, 0.05) is 17.4 Å². The second-order valence-corrected chi connectivity index (χ2v) is 5.17. The molecular weight excluding hydrogens is 235 g/mol. The summed E-state index contributed by atoms with van der Waals surface area (Å²) in [4.78, 5) is 0. The molecule has 0 aliphatic heterocycles. The zero-order valence-electron chi connectivity index (χ0n) is 9.97. The van der Waals surface area contributed by atoms with Crippen molar-refractivity contribution in [1.82, 2.24) is 5.32 Å². The standard InChI is InChI=1S/C9H15NOP.C2HN3/c1-3-10-7-5-9(6-8-10)12(11)4-2;3-1-5-2-4/h5-8,12H,3-4H2,1-2H3;5H/q+1;. The fraction of sp³-hybridized carbons (Fsp3) is 0.364. The van der Waals surface area contributed by atoms with Crippen LogP contribution in [-0.2, 0) is 11.1 Å². The Kier molecular flexibility index (Phi) is 8.37. The van der Waals surface area contributed by atoms with Gasteiger partial charge >= 0.3 is 0 Å². The minimum atomic E-state index is -1.49. The van der Waals surface area contributed by atoms with Crippen LogP contribution in [0.5, 0.6) is 0 Å². The molecule has 0 saturated carbocycles. The molecule has 17 heavy (non-hydrogen) atoms. The van der Waals surface area contributed by atoms with E-state index in [1.165, 1.54) is 12.4 Å². The van der Waals surface area contributed by atoms with Crippen LogP contribution in [0.4, 0.5) is 0 Å². The second kappa shape index (κ2) is 9.39. The molecule has 90 valence electrons. The second-order valence-electron chi connectivity index (χ2n) is 3.04. The summed E-state index contributed by atoms with van der Waals surface area (Å²) in [5.74, 6) is 0. The molecule has 0 saturated heterocycles. The average Bonchev–Trinajstić information content (AvgIpc) is 2.39. The topological polar surface area (TPSA) is 80.6 Å². The Morgan fingerprint density at radius 1 is 1.29 bits per heavy atom. The highest BCUT2D eigenvalue weighted by molar-refractivity contribution is 7.53. The smallest absolute Gasteiger partial charge is 0.190 e. The molecule has 0 bridgehead atoms. The first-order valence-corrected chi connectivity index (χ1v) is 6.86. The maximum absolute atomic E-state index is 11.4. The lowest BCUT2D eigenvalue weighted by Crippen LogP contribution is -2.31. The van der Waals surface area contributed by atoms with E-state index < -0.39 is 7.80 Å². The van der Waals surface area contributed by atoms with E-state index in [9.17, 15) is 4.57 Å². The van der Waals surface area contributed by atoms with E-state index in [1.807, 2.05) is 31.5 Å². The Hall–Kier alpha value is -1.84. The highest BCUT2D eigenvalue weighted by Crippen LogP contribution is 2.16. The number of hydrogen-bond donors (Lipinski definition) is 1. The monoisotopic (exact) mass is 251 g/mol. The number of rotatable bonds is 3. The van der Waals surface area contributed by atoms with Gasteiger partial charge in [0.1, 0.15) is 14.3 Å². The first-order valence-electron chi connectivity index (χ1n) is 5.25. The maximum Gasteiger partial charge on any atom is 0.190 e. The molecule has 0 radical (unpaired) electrons. The van der Waals surface area contributed by atoms with Crippen molar-refractivity contribution < 1.29 is 9.13 Å². The van der Waals surface area contributed by atoms with E-state index in [0.717, 1.165) is 18.0 Å². The molecule has 0 aliphatic rings. The molecule has 6 heteroatoms. The van der Waals surface area contributed by atoms with Gasteiger partial charge in [0.15, 0.2) is 24.8 Å². The molecule has 5 nitrogen and oxygen atoms in total. The number of pyridine rings is 1. The van der Waals surface area contributed by atoms with Crippen LogP contribution >= 0.6 is 7.80 Å². The van der Waals surface area contributed by atoms with Crippen molar-refractivity contribution in [3.63, 3.8) is 0 Å². The Morgan fingerprint density at radius 3 is 2.12 bits per heavy atom. The van der Waals surface area contributed by atoms with E-state index in [4.69, 9.17) is 10.5 Å². The summed E-state index contributed by atoms with van der Waals surface area (Å²) in [5, 5.41) is 17.7. The van der Waals surface area contributed by atoms with Gasteiger partial charge in [-0.25, -0.2) is 9.88 Å². The van der Waals surface area contributed by atoms with Gasteiger partial charge in [0.05, 0.1) is 0 Å². The van der Waals surface area contributed by atoms with E-state index in [1.54, 1.807) is 5.32 Å². The molecule has 1 atom stereocenters. The summed E-state index contributed by atoms with van der Waals surface area (Å²) < 4.78 is 13.5. The van der Waals surface area contributed by atoms with Crippen LogP contribution < -0.4 is 15.2 Å². The van der Waals surface area contributed by atoms with Crippen LogP contribution in [0, 0.1) is 22.9 Å². The lowest BCUT2D eigenvalue weighted by Gasteiger charge is -1.96. The van der Waals surface area contributed by atoms with Crippen molar-refractivity contribution in [2.24, 2.45) is 0 Å². The molecule has 1 aromatic heterocycles. The minimum Gasteiger partial charge on any atom is -0.322 e. The Bertz CT molecular complexity index is 418. The van der Waals surface area contributed by atoms with Crippen molar-refractivity contribution in [2.45, 2.75) is 20.4 Å². The summed E-state index contributed by atoms with van der Waals surface area (Å²) in [6.45, 7) is 5.01. The first-order chi connectivity index (χ1) is 8.19. The molecule has 1 rings (SSSR count). The Balaban J connectivity index is 0.000000437. The van der Waals surface area contributed by atoms with Gasteiger partial charge in [-0.15, -0.1) is 0 Å². The molecule has 1 unspecified atom stereocenters. The largest absolute Gasteiger partial charge is 0.322 e. The zero-order chi connectivity index (χ0) is 13.1. The summed E-state index contributed by atoms with van der Waals surface area (Å²) >= 11 is 0. The minimum absolute atomic E-state index is 0.765. The van der Waals surface area contributed by atoms with E-state index in [2.05, 4.69) is 11.5 Å². The van der Waals surface area contributed by atoms with E-state index in [-0.39, 0.29) is 0 Å². The molecule has 0 spiro atoms. The van der Waals surface area contributed by atoms with Crippen LogP contribution in [0.25, 0.3) is 0 Å². The third kappa shape index (κ3) is 6.35. The number of aromatic nitrogens is 1. The molecule has 0 aliphatic carbocycles. The van der Waals surface area contributed by atoms with Gasteiger partial charge in [-0.2, -0.15) is 10.5 Å². The number of nitrogens with zero attached hydrogens (tertiary/aromatic N) is 3. The predicted molar refractivity (Wildman–Crippen MR) is 65.8 cm³/mol. The van der Waals surface area contributed by atoms with Crippen LogP contribution in [0.3, 0.4) is 0 Å². The molecular formula is C11H16N4OP+. The van der Waals surface area contributed by atoms with Gasteiger partial charge < -0.3 is 4.57 Å². The van der Waals surface area contributed by atoms with Crippen molar-refractivity contribution in [2.75, 3.05) is 6.16 Å². The van der Waals surface area contributed by atoms with E-state index in [0.29, 0.717) is 0 Å². The van der Waals surface area contributed by atoms with Gasteiger partial charge in [-0.1, -0.05) is 6.92 Å². The fourth-order valence-electron chi connectivity index (χ4n) is 1.08. The lowest BCUT2D eigenvalue weighted by atomic mass is 10.5. The summed E-state index contributed by atoms with van der Waals surface area (Å²) in [7, 11) is -1.49. The molecule has 0 fully saturated rings. The Morgan fingerprint density at radius 2 is 1.82 bits per heavy atom. The van der Waals surface area contributed by atoms with Gasteiger partial charge in [0.2, 0.25) is 0 Å². The molecule has 0 amide bonds. The third-order valence-corrected chi connectivity index (χ3v) is 3.63. The predicted octanol–water partition coefficient (Wildman–Crippen LogP) is 0.737. The SMILES string of the molecule is CC[n+]1ccc([PH](=O)CC)cc1.N#CNC#N. The Labute approximate surface area is 102 Å². The summed E-state index contributed by atoms with van der Waals surface area (Å²) in [6, 6.07) is 3.91. The van der Waals surface area contributed by atoms with Crippen LogP contribution in [0.1, 0.15) is 13.8 Å². The number of nitrogens with one attached hydrogen (secondary N) is 1. The van der Waals surface area contributed by atoms with Crippen molar-refractivity contribution >= 4 is 13.1 Å². The van der Waals surface area contributed by atoms with Gasteiger partial charge in [-0.05, 0) is 13.1 Å². The average molecular weight is 251 g/mol. The first kappa shape index (κ1) is 15.2. The molecule has 1 N–H and O–H groups in total. The fourth-order valence-corrected chi connectivity index (χ4v) is 2.01.